The third kappa shape index (κ3) is 8.88. The van der Waals surface area contributed by atoms with Crippen LogP contribution in [0.25, 0.3) is 0 Å². The fraction of sp³-hybridized carbons (Fsp3) is 0.278. The molecule has 0 aliphatic heterocycles. The van der Waals surface area contributed by atoms with E-state index >= 15 is 0 Å². The third-order valence-corrected chi connectivity index (χ3v) is 9.29. The number of carbonyl (C=O) groups is 2. The summed E-state index contributed by atoms with van der Waals surface area (Å²) in [6.07, 6.45) is 1.71. The molecule has 1 N–H and O–H groups in total. The average Bonchev–Trinajstić information content (AvgIpc) is 3.07. The van der Waals surface area contributed by atoms with Crippen molar-refractivity contribution in [1.82, 2.24) is 10.2 Å². The molecule has 1 atom stereocenters. The van der Waals surface area contributed by atoms with Crippen LogP contribution in [0.5, 0.6) is 17.2 Å². The number of hydrogen-bond acceptors (Lipinski definition) is 6. The summed E-state index contributed by atoms with van der Waals surface area (Å²) < 4.78 is 40.5. The number of carbonyl (C=O) groups excluding carboxylic acids is 2. The summed E-state index contributed by atoms with van der Waals surface area (Å²) >= 11 is 0. The molecule has 0 radical (unpaired) electrons. The lowest BCUT2D eigenvalue weighted by Gasteiger charge is -2.32. The van der Waals surface area contributed by atoms with Crippen molar-refractivity contribution in [3.05, 3.63) is 114 Å². The van der Waals surface area contributed by atoms with Gasteiger partial charge < -0.3 is 19.7 Å². The highest BCUT2D eigenvalue weighted by atomic mass is 32.2. The fourth-order valence-electron chi connectivity index (χ4n) is 4.72. The van der Waals surface area contributed by atoms with Crippen molar-refractivity contribution in [3.8, 4) is 17.2 Å². The number of unbranched alkanes of at least 4 members (excludes halogenated alkanes) is 1. The molecule has 0 saturated heterocycles. The molecule has 0 aromatic heterocycles. The summed E-state index contributed by atoms with van der Waals surface area (Å²) in [6.45, 7) is 5.59. The first-order chi connectivity index (χ1) is 22.1. The average molecular weight is 644 g/mol. The van der Waals surface area contributed by atoms with E-state index in [-0.39, 0.29) is 23.0 Å². The van der Waals surface area contributed by atoms with E-state index in [4.69, 9.17) is 9.47 Å². The van der Waals surface area contributed by atoms with Crippen LogP contribution in [0, 0.1) is 6.92 Å². The van der Waals surface area contributed by atoms with Gasteiger partial charge in [-0.3, -0.25) is 13.9 Å². The number of methoxy groups -OCH3 is 1. The van der Waals surface area contributed by atoms with Crippen molar-refractivity contribution in [2.45, 2.75) is 51.1 Å². The smallest absolute Gasteiger partial charge is 0.264 e. The van der Waals surface area contributed by atoms with E-state index in [1.807, 2.05) is 56.3 Å². The van der Waals surface area contributed by atoms with Gasteiger partial charge in [-0.1, -0.05) is 61.4 Å². The van der Waals surface area contributed by atoms with Crippen LogP contribution in [-0.4, -0.2) is 51.4 Å². The monoisotopic (exact) mass is 643 g/mol. The molecule has 4 aromatic rings. The lowest BCUT2D eigenvalue weighted by Crippen LogP contribution is -2.51. The number of ether oxygens (including phenoxy) is 2. The first kappa shape index (κ1) is 34.1. The molecule has 10 heteroatoms. The molecule has 46 heavy (non-hydrogen) atoms. The first-order valence-corrected chi connectivity index (χ1v) is 16.7. The minimum absolute atomic E-state index is 0.0440. The molecule has 0 spiro atoms. The van der Waals surface area contributed by atoms with Crippen LogP contribution >= 0.6 is 0 Å². The van der Waals surface area contributed by atoms with E-state index in [1.54, 1.807) is 62.6 Å². The summed E-state index contributed by atoms with van der Waals surface area (Å²) in [5.74, 6) is 0.948. The van der Waals surface area contributed by atoms with E-state index in [2.05, 4.69) is 5.32 Å². The molecule has 2 amide bonds. The number of sulfonamides is 1. The van der Waals surface area contributed by atoms with Gasteiger partial charge in [0.2, 0.25) is 11.8 Å². The molecule has 4 aromatic carbocycles. The number of aryl methyl sites for hydroxylation is 1. The van der Waals surface area contributed by atoms with Gasteiger partial charge in [-0.25, -0.2) is 8.42 Å². The van der Waals surface area contributed by atoms with Gasteiger partial charge in [0, 0.05) is 13.1 Å². The maximum absolute atomic E-state index is 14.2. The zero-order valence-corrected chi connectivity index (χ0v) is 27.5. The molecule has 0 bridgehead atoms. The van der Waals surface area contributed by atoms with Crippen molar-refractivity contribution in [1.29, 1.82) is 0 Å². The molecular weight excluding hydrogens is 602 g/mol. The third-order valence-electron chi connectivity index (χ3n) is 7.50. The van der Waals surface area contributed by atoms with Gasteiger partial charge in [-0.2, -0.15) is 0 Å². The van der Waals surface area contributed by atoms with Crippen LogP contribution in [0.3, 0.4) is 0 Å². The molecule has 242 valence electrons. The Hall–Kier alpha value is -4.83. The maximum Gasteiger partial charge on any atom is 0.264 e. The van der Waals surface area contributed by atoms with Gasteiger partial charge in [0.1, 0.15) is 29.8 Å². The Kier molecular flexibility index (Phi) is 11.8. The van der Waals surface area contributed by atoms with Gasteiger partial charge in [-0.15, -0.1) is 0 Å². The Balaban J connectivity index is 1.68. The van der Waals surface area contributed by atoms with Crippen molar-refractivity contribution < 1.29 is 27.5 Å². The molecule has 1 unspecified atom stereocenters. The number of anilines is 1. The zero-order valence-electron chi connectivity index (χ0n) is 26.7. The molecular formula is C36H41N3O6S. The standard InChI is InChI=1S/C36H41N3O6S/c1-5-6-24-37-36(41)28(3)38(25-29-14-18-31(44-4)19-15-29)35(40)26-39(46(42,43)34-22-12-27(2)13-23-34)30-16-20-33(21-17-30)45-32-10-8-7-9-11-32/h7-23,28H,5-6,24-26H2,1-4H3,(H,37,41). The van der Waals surface area contributed by atoms with Crippen LogP contribution in [0.4, 0.5) is 5.69 Å². The highest BCUT2D eigenvalue weighted by molar-refractivity contribution is 7.92. The van der Waals surface area contributed by atoms with Crippen LogP contribution in [0.15, 0.2) is 108 Å². The normalized spacial score (nSPS) is 11.7. The molecule has 0 heterocycles. The SMILES string of the molecule is CCCCNC(=O)C(C)N(Cc1ccc(OC)cc1)C(=O)CN(c1ccc(Oc2ccccc2)cc1)S(=O)(=O)c1ccc(C)cc1. The summed E-state index contributed by atoms with van der Waals surface area (Å²) in [4.78, 5) is 28.8. The predicted molar refractivity (Wildman–Crippen MR) is 180 cm³/mol. The molecule has 0 fully saturated rings. The Bertz CT molecular complexity index is 1680. The molecule has 9 nitrogen and oxygen atoms in total. The fourth-order valence-corrected chi connectivity index (χ4v) is 6.13. The number of benzene rings is 4. The first-order valence-electron chi connectivity index (χ1n) is 15.2. The summed E-state index contributed by atoms with van der Waals surface area (Å²) in [6, 6.07) is 28.5. The van der Waals surface area contributed by atoms with Crippen LogP contribution in [0.2, 0.25) is 0 Å². The topological polar surface area (TPSA) is 105 Å². The zero-order chi connectivity index (χ0) is 33.1. The van der Waals surface area contributed by atoms with Gasteiger partial charge in [0.15, 0.2) is 0 Å². The van der Waals surface area contributed by atoms with Gasteiger partial charge in [0.25, 0.3) is 10.0 Å². The van der Waals surface area contributed by atoms with Crippen molar-refractivity contribution >= 4 is 27.5 Å². The second kappa shape index (κ2) is 15.9. The summed E-state index contributed by atoms with van der Waals surface area (Å²) in [7, 11) is -2.62. The van der Waals surface area contributed by atoms with E-state index in [9.17, 15) is 18.0 Å². The van der Waals surface area contributed by atoms with E-state index in [1.165, 1.54) is 17.0 Å². The van der Waals surface area contributed by atoms with E-state index in [0.717, 1.165) is 28.3 Å². The number of amides is 2. The second-order valence-electron chi connectivity index (χ2n) is 10.9. The number of hydrogen-bond donors (Lipinski definition) is 1. The highest BCUT2D eigenvalue weighted by Gasteiger charge is 2.32. The van der Waals surface area contributed by atoms with Gasteiger partial charge >= 0.3 is 0 Å². The quantitative estimate of drug-likeness (QED) is 0.152. The Morgan fingerprint density at radius 1 is 0.826 bits per heavy atom. The van der Waals surface area contributed by atoms with Gasteiger partial charge in [0.05, 0.1) is 17.7 Å². The highest BCUT2D eigenvalue weighted by Crippen LogP contribution is 2.29. The molecule has 0 aliphatic rings. The van der Waals surface area contributed by atoms with Crippen LogP contribution < -0.4 is 19.1 Å². The minimum Gasteiger partial charge on any atom is -0.497 e. The summed E-state index contributed by atoms with van der Waals surface area (Å²) in [5.41, 5.74) is 1.94. The number of para-hydroxylation sites is 1. The van der Waals surface area contributed by atoms with Gasteiger partial charge in [-0.05, 0) is 86.5 Å². The molecule has 0 aliphatic carbocycles. The lowest BCUT2D eigenvalue weighted by atomic mass is 10.1. The number of rotatable bonds is 15. The number of nitrogens with zero attached hydrogens (tertiary/aromatic N) is 2. The summed E-state index contributed by atoms with van der Waals surface area (Å²) in [5, 5.41) is 2.90. The Morgan fingerprint density at radius 2 is 1.43 bits per heavy atom. The Labute approximate surface area is 271 Å². The van der Waals surface area contributed by atoms with Crippen LogP contribution in [-0.2, 0) is 26.2 Å². The largest absolute Gasteiger partial charge is 0.497 e. The second-order valence-corrected chi connectivity index (χ2v) is 12.8. The van der Waals surface area contributed by atoms with E-state index in [0.29, 0.717) is 23.8 Å². The minimum atomic E-state index is -4.19. The van der Waals surface area contributed by atoms with Crippen molar-refractivity contribution in [3.63, 3.8) is 0 Å². The molecule has 0 saturated carbocycles. The van der Waals surface area contributed by atoms with Crippen molar-refractivity contribution in [2.75, 3.05) is 24.5 Å². The lowest BCUT2D eigenvalue weighted by molar-refractivity contribution is -0.139. The maximum atomic E-state index is 14.2. The van der Waals surface area contributed by atoms with Crippen molar-refractivity contribution in [2.24, 2.45) is 0 Å². The Morgan fingerprint density at radius 3 is 2.04 bits per heavy atom. The number of nitrogens with one attached hydrogen (secondary N) is 1. The molecule has 4 rings (SSSR count). The van der Waals surface area contributed by atoms with E-state index < -0.39 is 28.5 Å². The van der Waals surface area contributed by atoms with Crippen LogP contribution in [0.1, 0.15) is 37.8 Å². The predicted octanol–water partition coefficient (Wildman–Crippen LogP) is 6.32.